The Morgan fingerprint density at radius 1 is 1.46 bits per heavy atom. The fraction of sp³-hybridized carbons (Fsp3) is 0.750. The molecule has 1 aromatic heterocycles. The van der Waals surface area contributed by atoms with Crippen LogP contribution in [0.25, 0.3) is 0 Å². The van der Waals surface area contributed by atoms with Gasteiger partial charge in [0.1, 0.15) is 5.51 Å². The summed E-state index contributed by atoms with van der Waals surface area (Å²) in [5.74, 6) is 0. The largest absolute Gasteiger partial charge is 0.350 e. The first-order chi connectivity index (χ1) is 6.34. The zero-order valence-corrected chi connectivity index (χ0v) is 8.76. The molecule has 2 N–H and O–H groups in total. The van der Waals surface area contributed by atoms with Gasteiger partial charge in [0.2, 0.25) is 5.13 Å². The van der Waals surface area contributed by atoms with Crippen LogP contribution in [-0.2, 0) is 0 Å². The van der Waals surface area contributed by atoms with Gasteiger partial charge in [-0.15, -0.1) is 10.2 Å². The van der Waals surface area contributed by atoms with Crippen molar-refractivity contribution in [2.75, 3.05) is 25.0 Å². The van der Waals surface area contributed by atoms with E-state index in [1.54, 1.807) is 16.8 Å². The number of hydrogen-bond donors (Lipinski definition) is 1. The molecule has 5 heteroatoms. The summed E-state index contributed by atoms with van der Waals surface area (Å²) in [6, 6.07) is 0. The highest BCUT2D eigenvalue weighted by molar-refractivity contribution is 7.13. The first-order valence-electron chi connectivity index (χ1n) is 4.52. The second kappa shape index (κ2) is 5.88. The highest BCUT2D eigenvalue weighted by atomic mass is 32.1. The first kappa shape index (κ1) is 10.4. The smallest absolute Gasteiger partial charge is 0.207 e. The van der Waals surface area contributed by atoms with Crippen LogP contribution >= 0.6 is 11.3 Å². The zero-order chi connectivity index (χ0) is 9.52. The second-order valence-electron chi connectivity index (χ2n) is 2.99. The third-order valence-electron chi connectivity index (χ3n) is 1.87. The van der Waals surface area contributed by atoms with Crippen LogP contribution in [0, 0.1) is 0 Å². The molecular formula is C8H16N4S. The van der Waals surface area contributed by atoms with E-state index in [4.69, 9.17) is 5.73 Å². The Morgan fingerprint density at radius 3 is 2.92 bits per heavy atom. The quantitative estimate of drug-likeness (QED) is 0.699. The lowest BCUT2D eigenvalue weighted by molar-refractivity contribution is 0.677. The summed E-state index contributed by atoms with van der Waals surface area (Å²) in [6.45, 7) is 1.83. The van der Waals surface area contributed by atoms with E-state index < -0.39 is 0 Å². The highest BCUT2D eigenvalue weighted by Gasteiger charge is 2.02. The van der Waals surface area contributed by atoms with Gasteiger partial charge in [-0.05, 0) is 19.4 Å². The molecule has 0 aliphatic heterocycles. The van der Waals surface area contributed by atoms with Gasteiger partial charge < -0.3 is 10.6 Å². The minimum Gasteiger partial charge on any atom is -0.350 e. The fourth-order valence-electron chi connectivity index (χ4n) is 1.10. The summed E-state index contributed by atoms with van der Waals surface area (Å²) in [5.41, 5.74) is 7.16. The minimum atomic E-state index is 0.794. The van der Waals surface area contributed by atoms with E-state index >= 15 is 0 Å². The van der Waals surface area contributed by atoms with Crippen LogP contribution < -0.4 is 10.6 Å². The van der Waals surface area contributed by atoms with Crippen molar-refractivity contribution in [3.63, 3.8) is 0 Å². The first-order valence-corrected chi connectivity index (χ1v) is 5.40. The Labute approximate surface area is 82.8 Å². The monoisotopic (exact) mass is 200 g/mol. The molecule has 0 saturated heterocycles. The van der Waals surface area contributed by atoms with Crippen LogP contribution in [0.1, 0.15) is 19.3 Å². The van der Waals surface area contributed by atoms with Crippen LogP contribution in [0.3, 0.4) is 0 Å². The Kier molecular flexibility index (Phi) is 4.70. The van der Waals surface area contributed by atoms with Gasteiger partial charge in [-0.1, -0.05) is 17.8 Å². The summed E-state index contributed by atoms with van der Waals surface area (Å²) in [4.78, 5) is 2.13. The van der Waals surface area contributed by atoms with E-state index in [2.05, 4.69) is 15.1 Å². The Balaban J connectivity index is 2.15. The molecule has 1 rings (SSSR count). The Hall–Kier alpha value is -0.680. The van der Waals surface area contributed by atoms with Crippen LogP contribution in [0.5, 0.6) is 0 Å². The molecule has 0 amide bonds. The van der Waals surface area contributed by atoms with Crippen LogP contribution in [0.15, 0.2) is 5.51 Å². The molecule has 0 atom stereocenters. The molecule has 0 spiro atoms. The van der Waals surface area contributed by atoms with Gasteiger partial charge in [0, 0.05) is 13.6 Å². The molecule has 1 aromatic rings. The van der Waals surface area contributed by atoms with Crippen molar-refractivity contribution in [1.29, 1.82) is 0 Å². The molecule has 0 aliphatic carbocycles. The lowest BCUT2D eigenvalue weighted by atomic mass is 10.2. The number of unbranched alkanes of at least 4 members (excludes halogenated alkanes) is 2. The van der Waals surface area contributed by atoms with Crippen molar-refractivity contribution in [1.82, 2.24) is 10.2 Å². The van der Waals surface area contributed by atoms with Gasteiger partial charge in [-0.2, -0.15) is 0 Å². The van der Waals surface area contributed by atoms with Crippen molar-refractivity contribution in [2.45, 2.75) is 19.3 Å². The van der Waals surface area contributed by atoms with Crippen LogP contribution in [0.2, 0.25) is 0 Å². The molecule has 0 radical (unpaired) electrons. The van der Waals surface area contributed by atoms with Crippen molar-refractivity contribution in [2.24, 2.45) is 5.73 Å². The van der Waals surface area contributed by atoms with E-state index in [0.29, 0.717) is 0 Å². The van der Waals surface area contributed by atoms with E-state index in [-0.39, 0.29) is 0 Å². The van der Waals surface area contributed by atoms with Crippen molar-refractivity contribution < 1.29 is 0 Å². The molecule has 0 unspecified atom stereocenters. The zero-order valence-electron chi connectivity index (χ0n) is 7.94. The third-order valence-corrected chi connectivity index (χ3v) is 2.68. The summed E-state index contributed by atoms with van der Waals surface area (Å²) in [7, 11) is 2.04. The molecular weight excluding hydrogens is 184 g/mol. The summed E-state index contributed by atoms with van der Waals surface area (Å²) >= 11 is 1.57. The molecule has 0 fully saturated rings. The van der Waals surface area contributed by atoms with Gasteiger partial charge in [0.15, 0.2) is 0 Å². The molecule has 74 valence electrons. The normalized spacial score (nSPS) is 10.3. The number of nitrogens with zero attached hydrogens (tertiary/aromatic N) is 3. The number of nitrogens with two attached hydrogens (primary N) is 1. The third kappa shape index (κ3) is 3.69. The van der Waals surface area contributed by atoms with Crippen LogP contribution in [-0.4, -0.2) is 30.3 Å². The van der Waals surface area contributed by atoms with Crippen molar-refractivity contribution in [3.8, 4) is 0 Å². The number of rotatable bonds is 6. The topological polar surface area (TPSA) is 55.0 Å². The molecule has 13 heavy (non-hydrogen) atoms. The molecule has 4 nitrogen and oxygen atoms in total. The Bertz CT molecular complexity index is 212. The van der Waals surface area contributed by atoms with Gasteiger partial charge in [0.25, 0.3) is 0 Å². The lowest BCUT2D eigenvalue weighted by Crippen LogP contribution is -2.18. The maximum absolute atomic E-state index is 5.41. The summed E-state index contributed by atoms with van der Waals surface area (Å²) in [5, 5.41) is 8.77. The van der Waals surface area contributed by atoms with Crippen molar-refractivity contribution >= 4 is 16.5 Å². The van der Waals surface area contributed by atoms with Gasteiger partial charge >= 0.3 is 0 Å². The van der Waals surface area contributed by atoms with E-state index in [1.165, 1.54) is 12.8 Å². The van der Waals surface area contributed by atoms with Gasteiger partial charge in [-0.3, -0.25) is 0 Å². The van der Waals surface area contributed by atoms with Gasteiger partial charge in [-0.25, -0.2) is 0 Å². The number of aromatic nitrogens is 2. The maximum atomic E-state index is 5.41. The molecule has 0 saturated carbocycles. The predicted molar refractivity (Wildman–Crippen MR) is 56.1 cm³/mol. The molecule has 0 aliphatic rings. The standard InChI is InChI=1S/C8H16N4S/c1-12(6-4-2-3-5-9)8-11-10-7-13-8/h7H,2-6,9H2,1H3. The average molecular weight is 200 g/mol. The van der Waals surface area contributed by atoms with E-state index in [1.807, 2.05) is 7.05 Å². The Morgan fingerprint density at radius 2 is 2.31 bits per heavy atom. The predicted octanol–water partition coefficient (Wildman–Crippen LogP) is 1.10. The van der Waals surface area contributed by atoms with Crippen LogP contribution in [0.4, 0.5) is 5.13 Å². The highest BCUT2D eigenvalue weighted by Crippen LogP contribution is 2.13. The summed E-state index contributed by atoms with van der Waals surface area (Å²) < 4.78 is 0. The van der Waals surface area contributed by atoms with Gasteiger partial charge in [0.05, 0.1) is 0 Å². The number of hydrogen-bond acceptors (Lipinski definition) is 5. The van der Waals surface area contributed by atoms with E-state index in [0.717, 1.165) is 24.6 Å². The molecule has 1 heterocycles. The lowest BCUT2D eigenvalue weighted by Gasteiger charge is -2.14. The molecule has 0 bridgehead atoms. The fourth-order valence-corrected chi connectivity index (χ4v) is 1.65. The minimum absolute atomic E-state index is 0.794. The van der Waals surface area contributed by atoms with E-state index in [9.17, 15) is 0 Å². The van der Waals surface area contributed by atoms with Crippen molar-refractivity contribution in [3.05, 3.63) is 5.51 Å². The average Bonchev–Trinajstić information content (AvgIpc) is 2.65. The second-order valence-corrected chi connectivity index (χ2v) is 3.80. The molecule has 0 aromatic carbocycles. The maximum Gasteiger partial charge on any atom is 0.207 e. The number of anilines is 1. The SMILES string of the molecule is CN(CCCCCN)c1nncs1. The summed E-state index contributed by atoms with van der Waals surface area (Å²) in [6.07, 6.45) is 3.48.